The Morgan fingerprint density at radius 2 is 0.891 bits per heavy atom. The fourth-order valence-corrected chi connectivity index (χ4v) is 12.1. The van der Waals surface area contributed by atoms with E-state index in [9.17, 15) is 19.2 Å². The number of nitrogens with zero attached hydrogens (tertiary/aromatic N) is 3. The number of imidazole rings is 3. The normalized spacial score (nSPS) is 10.1. The van der Waals surface area contributed by atoms with E-state index in [-0.39, 0.29) is 49.6 Å². The number of carboxylic acid groups (broad SMARTS) is 1. The van der Waals surface area contributed by atoms with E-state index in [0.29, 0.717) is 56.3 Å². The zero-order valence-electron chi connectivity index (χ0n) is 54.4. The molecule has 14 aromatic rings. The average molecular weight is 1480 g/mol. The molecule has 20 nitrogen and oxygen atoms in total. The zero-order valence-corrected chi connectivity index (χ0v) is 59.2. The molecule has 14 N–H and O–H groups in total. The number of aromatic amines is 4. The number of rotatable bonds is 15. The van der Waals surface area contributed by atoms with Crippen molar-refractivity contribution in [3.05, 3.63) is 292 Å². The summed E-state index contributed by atoms with van der Waals surface area (Å²) in [5.41, 5.74) is 32.7. The summed E-state index contributed by atoms with van der Waals surface area (Å²) in [6, 6.07) is 75.4. The number of hydrogen-bond donors (Lipinski definition) is 10. The Bertz CT molecular complexity index is 4840. The van der Waals surface area contributed by atoms with Gasteiger partial charge in [0.25, 0.3) is 5.91 Å². The van der Waals surface area contributed by atoms with Gasteiger partial charge in [-0.3, -0.25) is 4.79 Å². The second-order valence-corrected chi connectivity index (χ2v) is 25.0. The molecular weight excluding hydrogens is 1410 g/mol. The number of amides is 1. The van der Waals surface area contributed by atoms with E-state index in [4.69, 9.17) is 34.5 Å². The minimum atomic E-state index is -0.907. The fourth-order valence-electron chi connectivity index (χ4n) is 8.94. The summed E-state index contributed by atoms with van der Waals surface area (Å²) in [6.45, 7) is 0.625. The van der Waals surface area contributed by atoms with E-state index in [1.54, 1.807) is 95.5 Å². The van der Waals surface area contributed by atoms with E-state index in [1.807, 2.05) is 182 Å². The maximum Gasteiger partial charge on any atom is 1.00 e. The number of halogens is 1. The summed E-state index contributed by atoms with van der Waals surface area (Å²) < 4.78 is 11.1. The molecule has 0 saturated carbocycles. The first-order valence-electron chi connectivity index (χ1n) is 30.1. The molecular formula is C75H72BrLiN12O8S4. The van der Waals surface area contributed by atoms with Gasteiger partial charge in [-0.2, -0.15) is 0 Å². The van der Waals surface area contributed by atoms with Crippen LogP contribution in [0.3, 0.4) is 0 Å². The number of carboxylic acids is 1. The van der Waals surface area contributed by atoms with Crippen LogP contribution in [0.5, 0.6) is 0 Å². The first-order valence-corrected chi connectivity index (χ1v) is 34.4. The van der Waals surface area contributed by atoms with Crippen molar-refractivity contribution in [3.8, 4) is 0 Å². The zero-order chi connectivity index (χ0) is 69.2. The number of para-hydroxylation sites is 11. The number of alkyl halides is 1. The van der Waals surface area contributed by atoms with Crippen LogP contribution < -0.4 is 46.7 Å². The predicted octanol–water partition coefficient (Wildman–Crippen LogP) is 14.8. The summed E-state index contributed by atoms with van der Waals surface area (Å²) in [5.74, 6) is -0.128. The number of hydrogen-bond acceptors (Lipinski definition) is 18. The van der Waals surface area contributed by atoms with Gasteiger partial charge < -0.3 is 67.8 Å². The van der Waals surface area contributed by atoms with Crippen molar-refractivity contribution in [1.29, 1.82) is 0 Å². The van der Waals surface area contributed by atoms with Crippen LogP contribution in [0.1, 0.15) is 71.1 Å². The van der Waals surface area contributed by atoms with Gasteiger partial charge in [0.2, 0.25) is 0 Å². The van der Waals surface area contributed by atoms with Gasteiger partial charge in [-0.25, -0.2) is 29.3 Å². The van der Waals surface area contributed by atoms with Gasteiger partial charge in [0.15, 0.2) is 20.2 Å². The molecule has 0 fully saturated rings. The van der Waals surface area contributed by atoms with Crippen molar-refractivity contribution in [2.75, 3.05) is 42.1 Å². The maximum atomic E-state index is 12.4. The summed E-state index contributed by atoms with van der Waals surface area (Å²) in [5, 5.41) is 18.4. The molecule has 0 atom stereocenters. The van der Waals surface area contributed by atoms with E-state index in [1.165, 1.54) is 14.2 Å². The number of ether oxygens (including phenoxy) is 2. The van der Waals surface area contributed by atoms with Crippen LogP contribution >= 0.6 is 63.0 Å². The third kappa shape index (κ3) is 24.2. The van der Waals surface area contributed by atoms with Crippen molar-refractivity contribution < 1.29 is 58.1 Å². The number of anilines is 5. The number of aromatic carboxylic acids is 1. The molecule has 0 spiro atoms. The van der Waals surface area contributed by atoms with Gasteiger partial charge in [-0.1, -0.05) is 180 Å². The van der Waals surface area contributed by atoms with Crippen molar-refractivity contribution in [2.45, 2.75) is 41.1 Å². The molecule has 512 valence electrons. The van der Waals surface area contributed by atoms with Crippen LogP contribution in [-0.4, -0.2) is 83.5 Å². The number of benzene rings is 10. The number of nitrogens with two attached hydrogens (primary N) is 3. The summed E-state index contributed by atoms with van der Waals surface area (Å²) in [4.78, 5) is 71.7. The maximum absolute atomic E-state index is 12.4. The summed E-state index contributed by atoms with van der Waals surface area (Å²) >= 11 is 13.1. The summed E-state index contributed by atoms with van der Waals surface area (Å²) in [6.07, 6.45) is 0. The van der Waals surface area contributed by atoms with E-state index in [0.717, 1.165) is 97.9 Å². The molecule has 0 bridgehead atoms. The van der Waals surface area contributed by atoms with Crippen LogP contribution in [0.15, 0.2) is 253 Å². The van der Waals surface area contributed by atoms with Crippen molar-refractivity contribution in [3.63, 3.8) is 0 Å². The Hall–Kier alpha value is -10.5. The Morgan fingerprint density at radius 1 is 0.495 bits per heavy atom. The minimum absolute atomic E-state index is 0. The van der Waals surface area contributed by atoms with Crippen molar-refractivity contribution in [1.82, 2.24) is 34.9 Å². The Morgan fingerprint density at radius 3 is 1.33 bits per heavy atom. The van der Waals surface area contributed by atoms with E-state index < -0.39 is 5.97 Å². The SMILES string of the molecule is C.COC(=O)c1ccc(CBr)cc1.COC(=O)c1ccc(CSc2nc3ccccc3[nH]2)cc1.Nc1ccccc1N.Nc1ccccc1NC(=O)c1ccc(CSc2nc3ccccc3[nH]2)cc1.O=C(O)c1ccc(CNc2nc3ccccc3s2)cc1.S=c1[nH]c2ccccc2[nH]1.[Li+].[OH-]. The molecule has 10 aromatic carbocycles. The molecule has 1 amide bonds. The van der Waals surface area contributed by atoms with Crippen LogP contribution in [0.25, 0.3) is 43.3 Å². The Balaban J connectivity index is 0.000000198. The van der Waals surface area contributed by atoms with Crippen LogP contribution in [-0.2, 0) is 32.9 Å². The minimum Gasteiger partial charge on any atom is -0.870 e. The van der Waals surface area contributed by atoms with Crippen LogP contribution in [0.2, 0.25) is 0 Å². The molecule has 0 radical (unpaired) electrons. The average Bonchev–Trinajstić information content (AvgIpc) is 1.74. The van der Waals surface area contributed by atoms with Crippen molar-refractivity contribution >= 4 is 158 Å². The van der Waals surface area contributed by atoms with Crippen molar-refractivity contribution in [2.24, 2.45) is 0 Å². The van der Waals surface area contributed by atoms with Gasteiger partial charge in [-0.05, 0) is 156 Å². The molecule has 0 aliphatic heterocycles. The monoisotopic (exact) mass is 1480 g/mol. The number of carbonyl (C=O) groups excluding carboxylic acids is 3. The predicted molar refractivity (Wildman–Crippen MR) is 413 cm³/mol. The molecule has 4 heterocycles. The number of nitrogens with one attached hydrogen (secondary N) is 6. The number of thiazole rings is 1. The Labute approximate surface area is 621 Å². The van der Waals surface area contributed by atoms with E-state index >= 15 is 0 Å². The first-order chi connectivity index (χ1) is 47.6. The quantitative estimate of drug-likeness (QED) is 0.0114. The molecule has 14 rings (SSSR count). The topological polar surface area (TPSA) is 341 Å². The molecule has 0 unspecified atom stereocenters. The molecule has 101 heavy (non-hydrogen) atoms. The third-order valence-corrected chi connectivity index (χ3v) is 17.9. The molecule has 0 aliphatic rings. The largest absolute Gasteiger partial charge is 1.00 e. The van der Waals surface area contributed by atoms with Gasteiger partial charge in [0, 0.05) is 28.9 Å². The molecule has 0 aliphatic carbocycles. The second-order valence-electron chi connectivity index (χ2n) is 21.0. The van der Waals surface area contributed by atoms with Gasteiger partial charge in [0.1, 0.15) is 0 Å². The Kier molecular flexibility index (Phi) is 31.9. The smallest absolute Gasteiger partial charge is 0.870 e. The van der Waals surface area contributed by atoms with Gasteiger partial charge in [-0.15, -0.1) is 0 Å². The summed E-state index contributed by atoms with van der Waals surface area (Å²) in [7, 11) is 2.76. The number of aromatic nitrogens is 7. The molecule has 4 aromatic heterocycles. The van der Waals surface area contributed by atoms with Crippen LogP contribution in [0, 0.1) is 4.77 Å². The number of H-pyrrole nitrogens is 4. The van der Waals surface area contributed by atoms with Crippen LogP contribution in [0.4, 0.5) is 27.9 Å². The number of thioether (sulfide) groups is 2. The van der Waals surface area contributed by atoms with E-state index in [2.05, 4.69) is 70.9 Å². The molecule has 26 heteroatoms. The first kappa shape index (κ1) is 79.5. The molecule has 0 saturated heterocycles. The number of methoxy groups -OCH3 is 2. The standard InChI is InChI=1S/C21H18N4OS.C16H14N2O2S.C15H12N2O2S.C9H9BrO2.C7H6N2S.C6H8N2.CH4.Li.H2O/c22-16-5-1-2-6-17(16)23-20(26)15-11-9-14(10-12-15)13-27-21-24-18-7-3-4-8-19(18)25-21;1-20-15(19)12-8-6-11(7-9-12)10-21-16-17-13-4-2-3-5-14(13)18-16;18-14(19)11-7-5-10(6-8-11)9-16-15-17-12-3-1-2-4-13(12)20-15;1-12-9(11)8-4-2-7(6-10)3-5-8;10-7-8-5-3-1-2-4-6(5)9-7;7-5-3-1-2-4-6(5)8;;;/h1-12H,13,22H2,(H,23,26)(H,24,25);2-9H,10H2,1H3,(H,17,18);1-8H,9H2,(H,16,17)(H,18,19);2-5H,6H2,1H3;1-4H,(H2,8,9,10);1-4H,7-8H2;1H4;;1H2/q;;;;;;;+1;/p-1. The number of nitrogen functional groups attached to an aromatic ring is 3. The third-order valence-electron chi connectivity index (χ3n) is 14.2. The number of fused-ring (bicyclic) bond motifs is 4. The number of carbonyl (C=O) groups is 4. The van der Waals surface area contributed by atoms with Gasteiger partial charge >= 0.3 is 36.8 Å². The fraction of sp³-hybridized carbons (Fsp3) is 0.0933. The second kappa shape index (κ2) is 40.6. The number of esters is 2. The van der Waals surface area contributed by atoms with Gasteiger partial charge in [0.05, 0.1) is 97.0 Å².